The molecule has 1 heterocycles. The number of nitrogens with one attached hydrogen (secondary N) is 1. The van der Waals surface area contributed by atoms with Crippen LogP contribution < -0.4 is 5.32 Å². The van der Waals surface area contributed by atoms with Crippen LogP contribution in [0.1, 0.15) is 26.7 Å². The average molecular weight is 193 g/mol. The van der Waals surface area contributed by atoms with E-state index in [2.05, 4.69) is 5.32 Å². The minimum Gasteiger partial charge on any atom is -0.308 e. The fourth-order valence-electron chi connectivity index (χ4n) is 1.61. The largest absolute Gasteiger partial charge is 0.308 e. The molecule has 1 aliphatic rings. The fraction of sp³-hybridized carbons (Fsp3) is 1.00. The second kappa shape index (κ2) is 2.97. The lowest BCUT2D eigenvalue weighted by atomic mass is 10.0. The lowest BCUT2D eigenvalue weighted by Crippen LogP contribution is -2.40. The van der Waals surface area contributed by atoms with Crippen LogP contribution in [0.2, 0.25) is 0 Å². The summed E-state index contributed by atoms with van der Waals surface area (Å²) in [5.41, 5.74) is 0.00928. The Morgan fingerprint density at radius 2 is 2.17 bits per heavy atom. The molecule has 0 bridgehead atoms. The third-order valence-electron chi connectivity index (χ3n) is 2.12. The van der Waals surface area contributed by atoms with Crippen molar-refractivity contribution in [2.45, 2.75) is 38.3 Å². The van der Waals surface area contributed by atoms with Crippen molar-refractivity contribution in [3.05, 3.63) is 0 Å². The summed E-state index contributed by atoms with van der Waals surface area (Å²) < 4.78 is 29.6. The Hall–Kier alpha value is -0.130. The van der Waals surface area contributed by atoms with E-state index in [0.29, 0.717) is 0 Å². The molecule has 5 heteroatoms. The first-order valence-corrected chi connectivity index (χ1v) is 5.62. The second-order valence-electron chi connectivity index (χ2n) is 4.01. The third kappa shape index (κ3) is 3.08. The molecule has 0 aromatic heterocycles. The highest BCUT2D eigenvalue weighted by atomic mass is 32.2. The van der Waals surface area contributed by atoms with E-state index >= 15 is 0 Å². The summed E-state index contributed by atoms with van der Waals surface area (Å²) in [5.74, 6) is -0.170. The van der Waals surface area contributed by atoms with Crippen molar-refractivity contribution in [2.24, 2.45) is 0 Å². The average Bonchev–Trinajstić information content (AvgIpc) is 2.05. The van der Waals surface area contributed by atoms with Gasteiger partial charge in [-0.25, -0.2) is 0 Å². The molecule has 2 N–H and O–H groups in total. The van der Waals surface area contributed by atoms with Crippen molar-refractivity contribution in [2.75, 3.05) is 5.75 Å². The van der Waals surface area contributed by atoms with E-state index < -0.39 is 10.1 Å². The van der Waals surface area contributed by atoms with Crippen LogP contribution in [0.3, 0.4) is 0 Å². The topological polar surface area (TPSA) is 66.4 Å². The summed E-state index contributed by atoms with van der Waals surface area (Å²) in [6.45, 7) is 4.05. The van der Waals surface area contributed by atoms with E-state index in [4.69, 9.17) is 4.55 Å². The van der Waals surface area contributed by atoms with E-state index in [1.54, 1.807) is 0 Å². The van der Waals surface area contributed by atoms with Gasteiger partial charge in [-0.05, 0) is 26.7 Å². The lowest BCUT2D eigenvalue weighted by Gasteiger charge is -2.19. The van der Waals surface area contributed by atoms with Crippen LogP contribution in [0.25, 0.3) is 0 Å². The lowest BCUT2D eigenvalue weighted by molar-refractivity contribution is 0.429. The molecule has 1 fully saturated rings. The highest BCUT2D eigenvalue weighted by Gasteiger charge is 2.31. The van der Waals surface area contributed by atoms with Gasteiger partial charge in [-0.2, -0.15) is 8.42 Å². The van der Waals surface area contributed by atoms with Gasteiger partial charge in [-0.1, -0.05) is 0 Å². The summed E-state index contributed by atoms with van der Waals surface area (Å²) in [4.78, 5) is 0. The van der Waals surface area contributed by atoms with Crippen molar-refractivity contribution in [3.8, 4) is 0 Å². The van der Waals surface area contributed by atoms with Crippen LogP contribution >= 0.6 is 0 Å². The van der Waals surface area contributed by atoms with E-state index in [0.717, 1.165) is 12.8 Å². The summed E-state index contributed by atoms with van der Waals surface area (Å²) in [7, 11) is -3.82. The molecule has 1 unspecified atom stereocenters. The van der Waals surface area contributed by atoms with Gasteiger partial charge >= 0.3 is 0 Å². The van der Waals surface area contributed by atoms with Crippen LogP contribution in [0.15, 0.2) is 0 Å². The molecule has 1 saturated heterocycles. The minimum absolute atomic E-state index is 0.00928. The van der Waals surface area contributed by atoms with Crippen LogP contribution in [0.4, 0.5) is 0 Å². The van der Waals surface area contributed by atoms with Crippen molar-refractivity contribution >= 4 is 10.1 Å². The Labute approximate surface area is 73.1 Å². The Kier molecular flexibility index (Phi) is 2.47. The number of rotatable bonds is 2. The first-order chi connectivity index (χ1) is 5.29. The molecule has 0 radical (unpaired) electrons. The molecule has 0 saturated carbocycles. The first-order valence-electron chi connectivity index (χ1n) is 4.01. The van der Waals surface area contributed by atoms with E-state index in [1.807, 2.05) is 13.8 Å². The fourth-order valence-corrected chi connectivity index (χ4v) is 2.37. The number of hydrogen-bond donors (Lipinski definition) is 2. The Bertz CT molecular complexity index is 258. The van der Waals surface area contributed by atoms with Gasteiger partial charge in [-0.3, -0.25) is 4.55 Å². The molecule has 4 nitrogen and oxygen atoms in total. The monoisotopic (exact) mass is 193 g/mol. The Morgan fingerprint density at radius 3 is 2.50 bits per heavy atom. The highest BCUT2D eigenvalue weighted by molar-refractivity contribution is 7.85. The van der Waals surface area contributed by atoms with Gasteiger partial charge in [0, 0.05) is 11.6 Å². The summed E-state index contributed by atoms with van der Waals surface area (Å²) in [6.07, 6.45) is 1.76. The number of hydrogen-bond acceptors (Lipinski definition) is 3. The van der Waals surface area contributed by atoms with Crippen LogP contribution in [0.5, 0.6) is 0 Å². The molecule has 0 amide bonds. The van der Waals surface area contributed by atoms with Crippen molar-refractivity contribution in [3.63, 3.8) is 0 Å². The summed E-state index contributed by atoms with van der Waals surface area (Å²) in [6, 6.07) is -0.0880. The molecule has 72 valence electrons. The van der Waals surface area contributed by atoms with Gasteiger partial charge in [0.1, 0.15) is 0 Å². The molecule has 1 aliphatic heterocycles. The van der Waals surface area contributed by atoms with Gasteiger partial charge in [0.2, 0.25) is 0 Å². The van der Waals surface area contributed by atoms with Gasteiger partial charge < -0.3 is 5.32 Å². The predicted molar refractivity (Wildman–Crippen MR) is 46.7 cm³/mol. The molecule has 0 aromatic rings. The summed E-state index contributed by atoms with van der Waals surface area (Å²) in [5, 5.41) is 3.15. The Morgan fingerprint density at radius 1 is 1.58 bits per heavy atom. The first kappa shape index (κ1) is 9.95. The van der Waals surface area contributed by atoms with Crippen LogP contribution in [0, 0.1) is 0 Å². The van der Waals surface area contributed by atoms with Gasteiger partial charge in [0.05, 0.1) is 5.75 Å². The molecular weight excluding hydrogens is 178 g/mol. The maximum atomic E-state index is 10.5. The maximum absolute atomic E-state index is 10.5. The van der Waals surface area contributed by atoms with Crippen molar-refractivity contribution in [1.29, 1.82) is 0 Å². The maximum Gasteiger partial charge on any atom is 0.266 e. The predicted octanol–water partition coefficient (Wildman–Crippen LogP) is 0.405. The zero-order valence-electron chi connectivity index (χ0n) is 7.37. The third-order valence-corrected chi connectivity index (χ3v) is 2.95. The van der Waals surface area contributed by atoms with Gasteiger partial charge in [0.25, 0.3) is 10.1 Å². The zero-order chi connectivity index (χ0) is 9.41. The summed E-state index contributed by atoms with van der Waals surface area (Å²) >= 11 is 0. The molecule has 0 aliphatic carbocycles. The van der Waals surface area contributed by atoms with Crippen LogP contribution in [-0.2, 0) is 10.1 Å². The van der Waals surface area contributed by atoms with Gasteiger partial charge in [0.15, 0.2) is 0 Å². The van der Waals surface area contributed by atoms with Crippen molar-refractivity contribution in [1.82, 2.24) is 5.32 Å². The van der Waals surface area contributed by atoms with Crippen LogP contribution in [-0.4, -0.2) is 30.3 Å². The van der Waals surface area contributed by atoms with Crippen molar-refractivity contribution < 1.29 is 13.0 Å². The van der Waals surface area contributed by atoms with E-state index in [1.165, 1.54) is 0 Å². The molecule has 0 spiro atoms. The molecule has 0 aromatic carbocycles. The second-order valence-corrected chi connectivity index (χ2v) is 5.51. The Balaban J connectivity index is 2.49. The normalized spacial score (nSPS) is 29.1. The highest BCUT2D eigenvalue weighted by Crippen LogP contribution is 2.22. The molecule has 1 atom stereocenters. The standard InChI is InChI=1S/C7H15NO3S/c1-7(2)4-3-6(8-7)5-12(9,10)11/h6,8H,3-5H2,1-2H3,(H,9,10,11). The zero-order valence-corrected chi connectivity index (χ0v) is 8.19. The van der Waals surface area contributed by atoms with E-state index in [9.17, 15) is 8.42 Å². The molecule has 12 heavy (non-hydrogen) atoms. The minimum atomic E-state index is -3.82. The molecular formula is C7H15NO3S. The smallest absolute Gasteiger partial charge is 0.266 e. The van der Waals surface area contributed by atoms with Gasteiger partial charge in [-0.15, -0.1) is 0 Å². The van der Waals surface area contributed by atoms with E-state index in [-0.39, 0.29) is 17.3 Å². The molecule has 1 rings (SSSR count). The SMILES string of the molecule is CC1(C)CCC(CS(=O)(=O)O)N1. The quantitative estimate of drug-likeness (QED) is 0.623.